The van der Waals surface area contributed by atoms with E-state index in [0.717, 1.165) is 65.4 Å². The SMILES string of the molecule is Cc1nn(-c2ccc(C(N)=O)c(CC3CCS(=O)CC3)c2)c2c1C(=O)CC(C)(C)C2. The summed E-state index contributed by atoms with van der Waals surface area (Å²) in [6.45, 7) is 6.09. The quantitative estimate of drug-likeness (QED) is 0.811. The monoisotopic (exact) mass is 427 g/mol. The molecule has 1 aromatic carbocycles. The molecule has 0 saturated carbocycles. The molecule has 1 fully saturated rings. The van der Waals surface area contributed by atoms with E-state index in [1.807, 2.05) is 23.7 Å². The first-order chi connectivity index (χ1) is 14.1. The number of carbonyl (C=O) groups excluding carboxylic acids is 2. The molecule has 2 aliphatic rings. The number of nitrogens with two attached hydrogens (primary N) is 1. The van der Waals surface area contributed by atoms with E-state index < -0.39 is 16.7 Å². The molecule has 160 valence electrons. The Morgan fingerprint density at radius 1 is 1.27 bits per heavy atom. The maximum absolute atomic E-state index is 12.7. The molecule has 1 saturated heterocycles. The van der Waals surface area contributed by atoms with Gasteiger partial charge in [0.15, 0.2) is 5.78 Å². The zero-order valence-corrected chi connectivity index (χ0v) is 18.7. The maximum Gasteiger partial charge on any atom is 0.248 e. The van der Waals surface area contributed by atoms with Gasteiger partial charge in [0.25, 0.3) is 0 Å². The van der Waals surface area contributed by atoms with E-state index in [-0.39, 0.29) is 11.2 Å². The number of hydrogen-bond acceptors (Lipinski definition) is 4. The number of carbonyl (C=O) groups is 2. The van der Waals surface area contributed by atoms with Crippen molar-refractivity contribution < 1.29 is 13.8 Å². The second-order valence-corrected chi connectivity index (χ2v) is 11.2. The molecular formula is C23H29N3O3S. The molecule has 0 atom stereocenters. The van der Waals surface area contributed by atoms with Crippen molar-refractivity contribution in [3.05, 3.63) is 46.3 Å². The molecule has 1 aliphatic carbocycles. The largest absolute Gasteiger partial charge is 0.366 e. The summed E-state index contributed by atoms with van der Waals surface area (Å²) >= 11 is 0. The summed E-state index contributed by atoms with van der Waals surface area (Å²) in [5.41, 5.74) is 10.3. The van der Waals surface area contributed by atoms with Crippen LogP contribution >= 0.6 is 0 Å². The van der Waals surface area contributed by atoms with Gasteiger partial charge in [0.1, 0.15) is 0 Å². The third-order valence-electron chi connectivity index (χ3n) is 6.33. The van der Waals surface area contributed by atoms with Crippen LogP contribution in [0.2, 0.25) is 0 Å². The van der Waals surface area contributed by atoms with Crippen LogP contribution in [0.25, 0.3) is 5.69 Å². The summed E-state index contributed by atoms with van der Waals surface area (Å²) < 4.78 is 13.6. The summed E-state index contributed by atoms with van der Waals surface area (Å²) in [7, 11) is -0.715. The van der Waals surface area contributed by atoms with Gasteiger partial charge in [-0.3, -0.25) is 13.8 Å². The number of Topliss-reactive ketones (excluding diaryl/α,β-unsaturated/α-hetero) is 1. The number of primary amides is 1. The second-order valence-electron chi connectivity index (χ2n) is 9.46. The van der Waals surface area contributed by atoms with Gasteiger partial charge >= 0.3 is 0 Å². The Kier molecular flexibility index (Phi) is 5.43. The fourth-order valence-electron chi connectivity index (χ4n) is 4.83. The highest BCUT2D eigenvalue weighted by molar-refractivity contribution is 7.85. The smallest absolute Gasteiger partial charge is 0.248 e. The normalized spacial score (nSPS) is 23.2. The van der Waals surface area contributed by atoms with Gasteiger partial charge in [0.2, 0.25) is 5.91 Å². The van der Waals surface area contributed by atoms with Gasteiger partial charge in [-0.25, -0.2) is 4.68 Å². The Morgan fingerprint density at radius 3 is 2.63 bits per heavy atom. The molecule has 0 bridgehead atoms. The van der Waals surface area contributed by atoms with Crippen molar-refractivity contribution in [2.45, 2.75) is 52.9 Å². The number of benzene rings is 1. The lowest BCUT2D eigenvalue weighted by molar-refractivity contribution is 0.0909. The molecule has 0 unspecified atom stereocenters. The molecule has 30 heavy (non-hydrogen) atoms. The first kappa shape index (κ1) is 21.0. The van der Waals surface area contributed by atoms with E-state index in [1.165, 1.54) is 0 Å². The van der Waals surface area contributed by atoms with Crippen molar-refractivity contribution in [2.24, 2.45) is 17.1 Å². The van der Waals surface area contributed by atoms with E-state index in [9.17, 15) is 13.8 Å². The summed E-state index contributed by atoms with van der Waals surface area (Å²) in [6, 6.07) is 5.62. The Bertz CT molecular complexity index is 1040. The van der Waals surface area contributed by atoms with E-state index in [1.54, 1.807) is 6.07 Å². The van der Waals surface area contributed by atoms with Crippen LogP contribution in [0.1, 0.15) is 70.8 Å². The zero-order valence-electron chi connectivity index (χ0n) is 17.9. The second kappa shape index (κ2) is 7.76. The maximum atomic E-state index is 12.7. The lowest BCUT2D eigenvalue weighted by atomic mass is 9.75. The average molecular weight is 428 g/mol. The first-order valence-corrected chi connectivity index (χ1v) is 12.0. The molecule has 2 aromatic rings. The van der Waals surface area contributed by atoms with Crippen molar-refractivity contribution in [1.29, 1.82) is 0 Å². The average Bonchev–Trinajstić information content (AvgIpc) is 2.98. The van der Waals surface area contributed by atoms with Crippen LogP contribution < -0.4 is 5.73 Å². The molecular weight excluding hydrogens is 398 g/mol. The Labute approximate surface area is 179 Å². The molecule has 1 aliphatic heterocycles. The predicted octanol–water partition coefficient (Wildman–Crippen LogP) is 3.14. The van der Waals surface area contributed by atoms with Crippen LogP contribution in [0.3, 0.4) is 0 Å². The zero-order chi connectivity index (χ0) is 21.6. The van der Waals surface area contributed by atoms with Crippen LogP contribution in [-0.2, 0) is 23.6 Å². The van der Waals surface area contributed by atoms with Crippen LogP contribution in [0.4, 0.5) is 0 Å². The Hall–Kier alpha value is -2.28. The summed E-state index contributed by atoms with van der Waals surface area (Å²) in [5, 5.41) is 4.69. The van der Waals surface area contributed by atoms with Gasteiger partial charge in [0.05, 0.1) is 22.6 Å². The molecule has 7 heteroatoms. The summed E-state index contributed by atoms with van der Waals surface area (Å²) in [4.78, 5) is 24.8. The van der Waals surface area contributed by atoms with Crippen molar-refractivity contribution in [3.8, 4) is 5.69 Å². The molecule has 1 amide bonds. The standard InChI is InChI=1S/C23H29N3O3S/c1-14-21-19(12-23(2,3)13-20(21)27)26(25-14)17-4-5-18(22(24)28)16(11-17)10-15-6-8-30(29)9-7-15/h4-5,11,15H,6-10,12-13H2,1-3H3,(H2,24,28). The minimum absolute atomic E-state index is 0.109. The number of aromatic nitrogens is 2. The first-order valence-electron chi connectivity index (χ1n) is 10.5. The van der Waals surface area contributed by atoms with Crippen molar-refractivity contribution in [1.82, 2.24) is 9.78 Å². The minimum atomic E-state index is -0.715. The third kappa shape index (κ3) is 4.00. The molecule has 6 nitrogen and oxygen atoms in total. The molecule has 0 spiro atoms. The van der Waals surface area contributed by atoms with Crippen molar-refractivity contribution in [2.75, 3.05) is 11.5 Å². The fraction of sp³-hybridized carbons (Fsp3) is 0.522. The predicted molar refractivity (Wildman–Crippen MR) is 118 cm³/mol. The van der Waals surface area contributed by atoms with Crippen molar-refractivity contribution in [3.63, 3.8) is 0 Å². The van der Waals surface area contributed by atoms with Gasteiger partial charge in [-0.1, -0.05) is 13.8 Å². The number of nitrogens with zero attached hydrogens (tertiary/aromatic N) is 2. The van der Waals surface area contributed by atoms with E-state index >= 15 is 0 Å². The molecule has 1 aromatic heterocycles. The van der Waals surface area contributed by atoms with Crippen molar-refractivity contribution >= 4 is 22.5 Å². The highest BCUT2D eigenvalue weighted by atomic mass is 32.2. The number of fused-ring (bicyclic) bond motifs is 1. The lowest BCUT2D eigenvalue weighted by Crippen LogP contribution is -2.28. The topological polar surface area (TPSA) is 95.1 Å². The van der Waals surface area contributed by atoms with Gasteiger partial charge in [-0.05, 0) is 67.7 Å². The number of amides is 1. The number of ketones is 1. The highest BCUT2D eigenvalue weighted by Gasteiger charge is 2.35. The lowest BCUT2D eigenvalue weighted by Gasteiger charge is -2.29. The highest BCUT2D eigenvalue weighted by Crippen LogP contribution is 2.37. The van der Waals surface area contributed by atoms with Crippen LogP contribution in [-0.4, -0.2) is 37.2 Å². The number of aryl methyl sites for hydroxylation is 1. The Balaban J connectivity index is 1.74. The third-order valence-corrected chi connectivity index (χ3v) is 7.72. The molecule has 2 N–H and O–H groups in total. The van der Waals surface area contributed by atoms with E-state index in [2.05, 4.69) is 13.8 Å². The minimum Gasteiger partial charge on any atom is -0.366 e. The summed E-state index contributed by atoms with van der Waals surface area (Å²) in [5.74, 6) is 1.54. The molecule has 4 rings (SSSR count). The number of rotatable bonds is 4. The van der Waals surface area contributed by atoms with E-state index in [4.69, 9.17) is 10.8 Å². The van der Waals surface area contributed by atoms with Crippen LogP contribution in [0.5, 0.6) is 0 Å². The Morgan fingerprint density at radius 2 is 1.97 bits per heavy atom. The van der Waals surface area contributed by atoms with Gasteiger partial charge in [0, 0.05) is 34.3 Å². The van der Waals surface area contributed by atoms with Gasteiger partial charge < -0.3 is 5.73 Å². The fourth-order valence-corrected chi connectivity index (χ4v) is 6.23. The van der Waals surface area contributed by atoms with Gasteiger partial charge in [-0.15, -0.1) is 0 Å². The number of hydrogen-bond donors (Lipinski definition) is 1. The van der Waals surface area contributed by atoms with Gasteiger partial charge in [-0.2, -0.15) is 5.10 Å². The van der Waals surface area contributed by atoms with Crippen LogP contribution in [0, 0.1) is 18.3 Å². The summed E-state index contributed by atoms with van der Waals surface area (Å²) in [6.07, 6.45) is 3.83. The van der Waals surface area contributed by atoms with Crippen LogP contribution in [0.15, 0.2) is 18.2 Å². The van der Waals surface area contributed by atoms with E-state index in [0.29, 0.717) is 17.9 Å². The molecule has 2 heterocycles. The molecule has 0 radical (unpaired) electrons.